The number of rotatable bonds is 5. The van der Waals surface area contributed by atoms with Crippen LogP contribution in [-0.2, 0) is 20.9 Å². The molecule has 2 aliphatic heterocycles. The zero-order chi connectivity index (χ0) is 26.4. The minimum atomic E-state index is -0.735. The standard InChI is InChI=1S/C28H21N3O5S2/c32-19-13-11-17(12-14-19)29-20(33)15-30-27-24(38-28(30)36)21(16-7-3-1-4-8-16)22-23(37-27)26(35)31(25(22)34)18-9-5-2-6-10-18/h1-14,21-23,32H,15H2,(H,29,33)/t21-,22-,23+/m0/s1. The van der Waals surface area contributed by atoms with Crippen molar-refractivity contribution in [2.24, 2.45) is 5.92 Å². The topological polar surface area (TPSA) is 109 Å². The molecule has 0 spiro atoms. The van der Waals surface area contributed by atoms with Crippen LogP contribution in [0.25, 0.3) is 0 Å². The van der Waals surface area contributed by atoms with Crippen LogP contribution in [0.5, 0.6) is 5.75 Å². The highest BCUT2D eigenvalue weighted by molar-refractivity contribution is 8.00. The highest BCUT2D eigenvalue weighted by Crippen LogP contribution is 2.53. The molecule has 190 valence electrons. The van der Waals surface area contributed by atoms with Gasteiger partial charge in [0, 0.05) is 16.5 Å². The Bertz CT molecular complexity index is 1600. The second kappa shape index (κ2) is 9.62. The van der Waals surface area contributed by atoms with Crippen LogP contribution in [0.1, 0.15) is 16.4 Å². The minimum Gasteiger partial charge on any atom is -0.508 e. The lowest BCUT2D eigenvalue weighted by molar-refractivity contribution is -0.122. The van der Waals surface area contributed by atoms with E-state index in [9.17, 15) is 24.3 Å². The van der Waals surface area contributed by atoms with Crippen LogP contribution in [0.4, 0.5) is 11.4 Å². The monoisotopic (exact) mass is 543 g/mol. The molecule has 4 aromatic rings. The van der Waals surface area contributed by atoms with Gasteiger partial charge in [0.25, 0.3) is 0 Å². The molecule has 0 unspecified atom stereocenters. The molecular weight excluding hydrogens is 522 g/mol. The minimum absolute atomic E-state index is 0.0735. The number of thiazole rings is 1. The highest BCUT2D eigenvalue weighted by Gasteiger charge is 2.56. The Labute approximate surface area is 225 Å². The lowest BCUT2D eigenvalue weighted by Crippen LogP contribution is -2.33. The van der Waals surface area contributed by atoms with Crippen molar-refractivity contribution in [2.75, 3.05) is 10.2 Å². The summed E-state index contributed by atoms with van der Waals surface area (Å²) < 4.78 is 1.38. The Morgan fingerprint density at radius 3 is 2.21 bits per heavy atom. The molecule has 0 aliphatic carbocycles. The third-order valence-corrected chi connectivity index (χ3v) is 9.28. The number of phenols is 1. The van der Waals surface area contributed by atoms with E-state index in [0.29, 0.717) is 21.3 Å². The second-order valence-electron chi connectivity index (χ2n) is 9.02. The molecule has 10 heteroatoms. The second-order valence-corrected chi connectivity index (χ2v) is 11.1. The molecule has 8 nitrogen and oxygen atoms in total. The number of aromatic nitrogens is 1. The van der Waals surface area contributed by atoms with E-state index in [4.69, 9.17) is 0 Å². The fourth-order valence-electron chi connectivity index (χ4n) is 5.00. The molecule has 3 amide bonds. The average Bonchev–Trinajstić information content (AvgIpc) is 3.37. The van der Waals surface area contributed by atoms with Crippen molar-refractivity contribution in [1.29, 1.82) is 0 Å². The third-order valence-electron chi connectivity index (χ3n) is 6.68. The number of anilines is 2. The summed E-state index contributed by atoms with van der Waals surface area (Å²) >= 11 is 2.19. The smallest absolute Gasteiger partial charge is 0.308 e. The van der Waals surface area contributed by atoms with Gasteiger partial charge in [-0.05, 0) is 42.0 Å². The largest absolute Gasteiger partial charge is 0.508 e. The normalized spacial score (nSPS) is 20.2. The summed E-state index contributed by atoms with van der Waals surface area (Å²) in [4.78, 5) is 55.0. The third kappa shape index (κ3) is 4.11. The summed E-state index contributed by atoms with van der Waals surface area (Å²) in [6.45, 7) is -0.248. The number of nitrogens with zero attached hydrogens (tertiary/aromatic N) is 2. The van der Waals surface area contributed by atoms with E-state index in [-0.39, 0.29) is 29.0 Å². The fraction of sp³-hybridized carbons (Fsp3) is 0.143. The zero-order valence-corrected chi connectivity index (χ0v) is 21.4. The van der Waals surface area contributed by atoms with E-state index in [0.717, 1.165) is 16.9 Å². The van der Waals surface area contributed by atoms with Crippen LogP contribution in [0.2, 0.25) is 0 Å². The molecule has 2 aliphatic rings. The van der Waals surface area contributed by atoms with Crippen molar-refractivity contribution < 1.29 is 19.5 Å². The summed E-state index contributed by atoms with van der Waals surface area (Å²) in [5.74, 6) is -2.15. The lowest BCUT2D eigenvalue weighted by atomic mass is 9.83. The number of aromatic hydroxyl groups is 1. The van der Waals surface area contributed by atoms with Crippen molar-refractivity contribution in [3.63, 3.8) is 0 Å². The van der Waals surface area contributed by atoms with E-state index < -0.39 is 23.0 Å². The summed E-state index contributed by atoms with van der Waals surface area (Å²) in [6.07, 6.45) is 0. The van der Waals surface area contributed by atoms with E-state index >= 15 is 0 Å². The molecule has 0 saturated carbocycles. The van der Waals surface area contributed by atoms with Gasteiger partial charge in [0.2, 0.25) is 17.7 Å². The molecule has 1 saturated heterocycles. The first kappa shape index (κ1) is 24.2. The molecule has 1 aromatic heterocycles. The van der Waals surface area contributed by atoms with Crippen molar-refractivity contribution in [3.8, 4) is 5.75 Å². The van der Waals surface area contributed by atoms with Gasteiger partial charge in [-0.15, -0.1) is 0 Å². The molecule has 6 rings (SSSR count). The molecule has 3 atom stereocenters. The highest BCUT2D eigenvalue weighted by atomic mass is 32.2. The summed E-state index contributed by atoms with van der Waals surface area (Å²) in [5.41, 5.74) is 1.83. The Kier molecular flexibility index (Phi) is 6.13. The van der Waals surface area contributed by atoms with Gasteiger partial charge in [-0.25, -0.2) is 4.90 Å². The van der Waals surface area contributed by atoms with Crippen LogP contribution in [0.15, 0.2) is 94.7 Å². The van der Waals surface area contributed by atoms with Gasteiger partial charge in [0.05, 0.1) is 16.6 Å². The van der Waals surface area contributed by atoms with Crippen molar-refractivity contribution in [1.82, 2.24) is 4.57 Å². The van der Waals surface area contributed by atoms with Gasteiger partial charge in [-0.3, -0.25) is 23.7 Å². The predicted molar refractivity (Wildman–Crippen MR) is 146 cm³/mol. The molecule has 38 heavy (non-hydrogen) atoms. The number of para-hydroxylation sites is 1. The van der Waals surface area contributed by atoms with Crippen LogP contribution in [-0.4, -0.2) is 32.6 Å². The molecule has 1 fully saturated rings. The fourth-order valence-corrected chi connectivity index (χ4v) is 7.77. The first-order valence-corrected chi connectivity index (χ1v) is 13.6. The van der Waals surface area contributed by atoms with Crippen molar-refractivity contribution in [2.45, 2.75) is 22.7 Å². The maximum atomic E-state index is 13.8. The molecule has 3 aromatic carbocycles. The Balaban J connectivity index is 1.40. The Morgan fingerprint density at radius 2 is 1.53 bits per heavy atom. The quantitative estimate of drug-likeness (QED) is 0.290. The number of fused-ring (bicyclic) bond motifs is 2. The predicted octanol–water partition coefficient (Wildman–Crippen LogP) is 4.05. The maximum absolute atomic E-state index is 13.8. The number of carbonyl (C=O) groups excluding carboxylic acids is 3. The van der Waals surface area contributed by atoms with Crippen molar-refractivity contribution in [3.05, 3.63) is 105 Å². The van der Waals surface area contributed by atoms with E-state index in [1.165, 1.54) is 33.4 Å². The number of thioether (sulfide) groups is 1. The average molecular weight is 544 g/mol. The van der Waals surface area contributed by atoms with Gasteiger partial charge in [0.15, 0.2) is 0 Å². The zero-order valence-electron chi connectivity index (χ0n) is 19.8. The number of phenolic OH excluding ortho intramolecular Hbond substituents is 1. The van der Waals surface area contributed by atoms with Gasteiger partial charge in [-0.1, -0.05) is 71.6 Å². The van der Waals surface area contributed by atoms with Crippen LogP contribution < -0.4 is 15.1 Å². The van der Waals surface area contributed by atoms with Crippen LogP contribution in [0, 0.1) is 5.92 Å². The first-order chi connectivity index (χ1) is 18.4. The maximum Gasteiger partial charge on any atom is 0.308 e. The van der Waals surface area contributed by atoms with Gasteiger partial charge in [0.1, 0.15) is 17.5 Å². The van der Waals surface area contributed by atoms with Crippen molar-refractivity contribution >= 4 is 52.2 Å². The SMILES string of the molecule is O=C(Cn1c2c(sc1=O)[C@@H](c1ccccc1)[C@@H]1C(=O)N(c3ccccc3)C(=O)[C@@H]1S2)Nc1ccc(O)cc1. The van der Waals surface area contributed by atoms with Gasteiger partial charge >= 0.3 is 4.87 Å². The van der Waals surface area contributed by atoms with Crippen LogP contribution >= 0.6 is 23.1 Å². The summed E-state index contributed by atoms with van der Waals surface area (Å²) in [5, 5.41) is 12.0. The molecule has 2 N–H and O–H groups in total. The van der Waals surface area contributed by atoms with E-state index in [1.54, 1.807) is 36.4 Å². The number of nitrogens with one attached hydrogen (secondary N) is 1. The molecule has 3 heterocycles. The number of benzene rings is 3. The molecular formula is C28H21N3O5S2. The van der Waals surface area contributed by atoms with E-state index in [2.05, 4.69) is 5.32 Å². The molecule has 0 radical (unpaired) electrons. The first-order valence-electron chi connectivity index (χ1n) is 11.9. The number of imide groups is 1. The number of hydrogen-bond donors (Lipinski definition) is 2. The molecule has 0 bridgehead atoms. The van der Waals surface area contributed by atoms with Gasteiger partial charge in [-0.2, -0.15) is 0 Å². The summed E-state index contributed by atoms with van der Waals surface area (Å²) in [6, 6.07) is 24.3. The van der Waals surface area contributed by atoms with Crippen LogP contribution in [0.3, 0.4) is 0 Å². The Hall–Kier alpha value is -4.15. The van der Waals surface area contributed by atoms with E-state index in [1.807, 2.05) is 36.4 Å². The number of carbonyl (C=O) groups is 3. The summed E-state index contributed by atoms with van der Waals surface area (Å²) in [7, 11) is 0. The van der Waals surface area contributed by atoms with Gasteiger partial charge < -0.3 is 10.4 Å². The number of amides is 3. The Morgan fingerprint density at radius 1 is 0.868 bits per heavy atom. The number of hydrogen-bond acceptors (Lipinski definition) is 7. The lowest BCUT2D eigenvalue weighted by Gasteiger charge is -2.30.